The van der Waals surface area contributed by atoms with E-state index in [2.05, 4.69) is 37.1 Å². The van der Waals surface area contributed by atoms with Crippen molar-refractivity contribution in [1.82, 2.24) is 10.7 Å². The predicted molar refractivity (Wildman–Crippen MR) is 118 cm³/mol. The first kappa shape index (κ1) is 22.3. The van der Waals surface area contributed by atoms with Crippen LogP contribution in [0.3, 0.4) is 0 Å². The van der Waals surface area contributed by atoms with Gasteiger partial charge in [-0.1, -0.05) is 15.9 Å². The highest BCUT2D eigenvalue weighted by Crippen LogP contribution is 2.27. The standard InChI is InChI=1S/C21H21BrN4O5/c1-30-18-10-13(11-23-26-21(29)20(28)25-16-7-8-16)2-9-17(18)31-12-19(27)24-15-5-3-14(22)4-6-15/h2-6,9-11,16H,7-8,12H2,1H3,(H,24,27)(H,25,28)(H,26,29)/b23-11-. The Bertz CT molecular complexity index is 990. The molecule has 0 heterocycles. The minimum absolute atomic E-state index is 0.0935. The highest BCUT2D eigenvalue weighted by molar-refractivity contribution is 9.10. The van der Waals surface area contributed by atoms with Crippen molar-refractivity contribution in [2.45, 2.75) is 18.9 Å². The zero-order valence-corrected chi connectivity index (χ0v) is 18.3. The molecular formula is C21H21BrN4O5. The molecule has 2 aromatic carbocycles. The van der Waals surface area contributed by atoms with Crippen LogP contribution in [0.1, 0.15) is 18.4 Å². The molecule has 0 saturated heterocycles. The molecule has 3 N–H and O–H groups in total. The summed E-state index contributed by atoms with van der Waals surface area (Å²) in [7, 11) is 1.47. The van der Waals surface area contributed by atoms with Crippen LogP contribution < -0.4 is 25.5 Å². The molecule has 1 aliphatic carbocycles. The average molecular weight is 489 g/mol. The third-order valence-electron chi connectivity index (χ3n) is 4.17. The van der Waals surface area contributed by atoms with E-state index in [4.69, 9.17) is 9.47 Å². The van der Waals surface area contributed by atoms with Gasteiger partial charge in [0.25, 0.3) is 5.91 Å². The lowest BCUT2D eigenvalue weighted by atomic mass is 10.2. The molecule has 162 valence electrons. The molecule has 3 amide bonds. The number of benzene rings is 2. The van der Waals surface area contributed by atoms with Gasteiger partial charge in [0.2, 0.25) is 0 Å². The summed E-state index contributed by atoms with van der Waals surface area (Å²) in [5.41, 5.74) is 3.43. The third kappa shape index (κ3) is 7.10. The van der Waals surface area contributed by atoms with Gasteiger partial charge in [0.1, 0.15) is 0 Å². The van der Waals surface area contributed by atoms with E-state index in [0.29, 0.717) is 22.7 Å². The first-order valence-electron chi connectivity index (χ1n) is 9.45. The summed E-state index contributed by atoms with van der Waals surface area (Å²) >= 11 is 3.34. The van der Waals surface area contributed by atoms with E-state index < -0.39 is 11.8 Å². The number of nitrogens with zero attached hydrogens (tertiary/aromatic N) is 1. The molecule has 1 aliphatic rings. The number of hydrogen-bond donors (Lipinski definition) is 3. The van der Waals surface area contributed by atoms with Gasteiger partial charge in [-0.05, 0) is 60.9 Å². The molecule has 0 unspecified atom stereocenters. The van der Waals surface area contributed by atoms with Gasteiger partial charge in [0.05, 0.1) is 13.3 Å². The maximum Gasteiger partial charge on any atom is 0.329 e. The van der Waals surface area contributed by atoms with Crippen molar-refractivity contribution in [2.75, 3.05) is 19.0 Å². The van der Waals surface area contributed by atoms with Crippen LogP contribution in [0.5, 0.6) is 11.5 Å². The van der Waals surface area contributed by atoms with Crippen molar-refractivity contribution in [3.8, 4) is 11.5 Å². The molecule has 1 fully saturated rings. The average Bonchev–Trinajstić information content (AvgIpc) is 3.58. The van der Waals surface area contributed by atoms with E-state index in [1.807, 2.05) is 12.1 Å². The Morgan fingerprint density at radius 2 is 1.84 bits per heavy atom. The molecule has 1 saturated carbocycles. The Morgan fingerprint density at radius 3 is 2.52 bits per heavy atom. The zero-order chi connectivity index (χ0) is 22.2. The lowest BCUT2D eigenvalue weighted by Gasteiger charge is -2.11. The van der Waals surface area contributed by atoms with Crippen molar-refractivity contribution in [3.63, 3.8) is 0 Å². The van der Waals surface area contributed by atoms with Gasteiger partial charge in [-0.3, -0.25) is 14.4 Å². The van der Waals surface area contributed by atoms with Crippen LogP contribution in [-0.4, -0.2) is 43.7 Å². The maximum absolute atomic E-state index is 12.1. The number of amides is 3. The van der Waals surface area contributed by atoms with Crippen molar-refractivity contribution in [3.05, 3.63) is 52.5 Å². The van der Waals surface area contributed by atoms with E-state index in [0.717, 1.165) is 17.3 Å². The van der Waals surface area contributed by atoms with Crippen molar-refractivity contribution >= 4 is 45.6 Å². The largest absolute Gasteiger partial charge is 0.493 e. The van der Waals surface area contributed by atoms with E-state index in [9.17, 15) is 14.4 Å². The summed E-state index contributed by atoms with van der Waals surface area (Å²) < 4.78 is 11.7. The number of anilines is 1. The van der Waals surface area contributed by atoms with Crippen molar-refractivity contribution in [2.24, 2.45) is 5.10 Å². The van der Waals surface area contributed by atoms with E-state index in [-0.39, 0.29) is 18.6 Å². The molecule has 2 aromatic rings. The second-order valence-corrected chi connectivity index (χ2v) is 7.62. The normalized spacial score (nSPS) is 12.8. The van der Waals surface area contributed by atoms with E-state index in [1.165, 1.54) is 13.3 Å². The molecular weight excluding hydrogens is 468 g/mol. The number of rotatable bonds is 8. The fourth-order valence-corrected chi connectivity index (χ4v) is 2.72. The Kier molecular flexibility index (Phi) is 7.60. The number of ether oxygens (including phenoxy) is 2. The molecule has 9 nitrogen and oxygen atoms in total. The smallest absolute Gasteiger partial charge is 0.329 e. The van der Waals surface area contributed by atoms with Crippen molar-refractivity contribution in [1.29, 1.82) is 0 Å². The van der Waals surface area contributed by atoms with Crippen LogP contribution in [0.4, 0.5) is 5.69 Å². The Labute approximate surface area is 187 Å². The SMILES string of the molecule is COc1cc(/C=N\NC(=O)C(=O)NC2CC2)ccc1OCC(=O)Nc1ccc(Br)cc1. The molecule has 31 heavy (non-hydrogen) atoms. The fourth-order valence-electron chi connectivity index (χ4n) is 2.45. The summed E-state index contributed by atoms with van der Waals surface area (Å²) in [5.74, 6) is -1.09. The first-order valence-corrected chi connectivity index (χ1v) is 10.2. The van der Waals surface area contributed by atoms with Crippen LogP contribution in [0.25, 0.3) is 0 Å². The minimum Gasteiger partial charge on any atom is -0.493 e. The van der Waals surface area contributed by atoms with Crippen LogP contribution in [0.2, 0.25) is 0 Å². The summed E-state index contributed by atoms with van der Waals surface area (Å²) in [6.45, 7) is -0.202. The Balaban J connectivity index is 1.51. The van der Waals surface area contributed by atoms with Gasteiger partial charge in [-0.15, -0.1) is 0 Å². The molecule has 0 bridgehead atoms. The van der Waals surface area contributed by atoms with Gasteiger partial charge in [-0.2, -0.15) is 5.10 Å². The fraction of sp³-hybridized carbons (Fsp3) is 0.238. The number of halogens is 1. The van der Waals surface area contributed by atoms with Gasteiger partial charge >= 0.3 is 11.8 Å². The molecule has 0 atom stereocenters. The van der Waals surface area contributed by atoms with Crippen LogP contribution in [0.15, 0.2) is 52.0 Å². The second kappa shape index (κ2) is 10.6. The first-order chi connectivity index (χ1) is 14.9. The molecule has 0 radical (unpaired) electrons. The van der Waals surface area contributed by atoms with E-state index in [1.54, 1.807) is 30.3 Å². The van der Waals surface area contributed by atoms with Crippen LogP contribution in [-0.2, 0) is 14.4 Å². The lowest BCUT2D eigenvalue weighted by Crippen LogP contribution is -2.38. The number of nitrogens with one attached hydrogen (secondary N) is 3. The van der Waals surface area contributed by atoms with Gasteiger partial charge < -0.3 is 20.1 Å². The number of carbonyl (C=O) groups excluding carboxylic acids is 3. The van der Waals surface area contributed by atoms with Gasteiger partial charge in [0, 0.05) is 16.2 Å². The number of hydrogen-bond acceptors (Lipinski definition) is 6. The highest BCUT2D eigenvalue weighted by atomic mass is 79.9. The monoisotopic (exact) mass is 488 g/mol. The van der Waals surface area contributed by atoms with Crippen LogP contribution >= 0.6 is 15.9 Å². The molecule has 3 rings (SSSR count). The Morgan fingerprint density at radius 1 is 1.10 bits per heavy atom. The summed E-state index contributed by atoms with van der Waals surface area (Å²) in [4.78, 5) is 35.3. The van der Waals surface area contributed by atoms with Gasteiger partial charge in [0.15, 0.2) is 18.1 Å². The summed E-state index contributed by atoms with van der Waals surface area (Å²) in [6, 6.07) is 12.2. The molecule has 0 aliphatic heterocycles. The third-order valence-corrected chi connectivity index (χ3v) is 4.70. The maximum atomic E-state index is 12.1. The predicted octanol–water partition coefficient (Wildman–Crippen LogP) is 2.20. The summed E-state index contributed by atoms with van der Waals surface area (Å²) in [5, 5.41) is 9.08. The van der Waals surface area contributed by atoms with Crippen LogP contribution in [0, 0.1) is 0 Å². The molecule has 0 spiro atoms. The molecule has 10 heteroatoms. The van der Waals surface area contributed by atoms with Gasteiger partial charge in [-0.25, -0.2) is 5.43 Å². The zero-order valence-electron chi connectivity index (χ0n) is 16.7. The minimum atomic E-state index is -0.827. The summed E-state index contributed by atoms with van der Waals surface area (Å²) in [6.07, 6.45) is 3.15. The quantitative estimate of drug-likeness (QED) is 0.299. The molecule has 0 aromatic heterocycles. The second-order valence-electron chi connectivity index (χ2n) is 6.70. The topological polar surface area (TPSA) is 118 Å². The lowest BCUT2D eigenvalue weighted by molar-refractivity contribution is -0.139. The number of hydrazone groups is 1. The highest BCUT2D eigenvalue weighted by Gasteiger charge is 2.26. The number of carbonyl (C=O) groups is 3. The number of methoxy groups -OCH3 is 1. The van der Waals surface area contributed by atoms with E-state index >= 15 is 0 Å². The van der Waals surface area contributed by atoms with Crippen molar-refractivity contribution < 1.29 is 23.9 Å². The Hall–Kier alpha value is -3.40.